The van der Waals surface area contributed by atoms with E-state index in [1.54, 1.807) is 0 Å². The highest BCUT2D eigenvalue weighted by Gasteiger charge is 2.13. The van der Waals surface area contributed by atoms with E-state index in [4.69, 9.17) is 9.98 Å². The Morgan fingerprint density at radius 1 is 0.773 bits per heavy atom. The first-order valence-electron chi connectivity index (χ1n) is 7.89. The summed E-state index contributed by atoms with van der Waals surface area (Å²) in [5, 5.41) is 0. The number of hydrogen-bond donors (Lipinski definition) is 0. The Balaban J connectivity index is 1.73. The van der Waals surface area contributed by atoms with Crippen molar-refractivity contribution in [2.45, 2.75) is 12.8 Å². The molecule has 122 valence electrons. The van der Waals surface area contributed by atoms with E-state index < -0.39 is 0 Å². The van der Waals surface area contributed by atoms with Gasteiger partial charge in [0.2, 0.25) is 0 Å². The Morgan fingerprint density at radius 3 is 1.55 bits per heavy atom. The second-order valence-electron chi connectivity index (χ2n) is 5.82. The number of nitrogens with zero attached hydrogens (tertiary/aromatic N) is 6. The van der Waals surface area contributed by atoms with Crippen molar-refractivity contribution in [1.82, 2.24) is 19.6 Å². The average molecular weight is 304 g/mol. The number of likely N-dealkylation sites (N-methyl/N-ethyl adjacent to an activating group) is 2. The molecule has 2 rings (SSSR count). The van der Waals surface area contributed by atoms with Crippen molar-refractivity contribution in [3.63, 3.8) is 0 Å². The smallest absolute Gasteiger partial charge is 0.200 e. The highest BCUT2D eigenvalue weighted by Crippen LogP contribution is 2.05. The Hall–Kier alpha value is -1.98. The van der Waals surface area contributed by atoms with Gasteiger partial charge >= 0.3 is 0 Å². The molecule has 0 aromatic rings. The largest absolute Gasteiger partial charge is 0.342 e. The molecule has 0 radical (unpaired) electrons. The second kappa shape index (κ2) is 7.87. The SMILES string of the molecule is CN1C=CCN(C)C1=NCCCCN=C1N(C)C=CCN1C. The van der Waals surface area contributed by atoms with Crippen LogP contribution in [0.5, 0.6) is 0 Å². The predicted octanol–water partition coefficient (Wildman–Crippen LogP) is 1.26. The number of rotatable bonds is 5. The molecule has 0 saturated heterocycles. The fourth-order valence-electron chi connectivity index (χ4n) is 2.61. The van der Waals surface area contributed by atoms with Crippen molar-refractivity contribution in [3.05, 3.63) is 24.6 Å². The Morgan fingerprint density at radius 2 is 1.18 bits per heavy atom. The van der Waals surface area contributed by atoms with Crippen molar-refractivity contribution in [2.75, 3.05) is 54.4 Å². The zero-order valence-electron chi connectivity index (χ0n) is 14.2. The van der Waals surface area contributed by atoms with E-state index in [2.05, 4.69) is 58.2 Å². The highest BCUT2D eigenvalue weighted by atomic mass is 15.4. The molecule has 0 N–H and O–H groups in total. The van der Waals surface area contributed by atoms with Crippen LogP contribution in [0.2, 0.25) is 0 Å². The van der Waals surface area contributed by atoms with Crippen molar-refractivity contribution in [3.8, 4) is 0 Å². The summed E-state index contributed by atoms with van der Waals surface area (Å²) >= 11 is 0. The van der Waals surface area contributed by atoms with Gasteiger partial charge in [0.05, 0.1) is 0 Å². The number of guanidine groups is 2. The van der Waals surface area contributed by atoms with Crippen LogP contribution >= 0.6 is 0 Å². The quantitative estimate of drug-likeness (QED) is 0.717. The van der Waals surface area contributed by atoms with Crippen LogP contribution in [0.3, 0.4) is 0 Å². The lowest BCUT2D eigenvalue weighted by molar-refractivity contribution is 0.446. The van der Waals surface area contributed by atoms with Crippen LogP contribution in [-0.4, -0.2) is 85.9 Å². The Bertz CT molecular complexity index is 435. The normalized spacial score (nSPS) is 22.4. The zero-order chi connectivity index (χ0) is 15.9. The van der Waals surface area contributed by atoms with Gasteiger partial charge in [0, 0.05) is 66.8 Å². The molecule has 0 fully saturated rings. The van der Waals surface area contributed by atoms with E-state index in [0.29, 0.717) is 0 Å². The molecule has 0 spiro atoms. The lowest BCUT2D eigenvalue weighted by Gasteiger charge is -2.30. The summed E-state index contributed by atoms with van der Waals surface area (Å²) in [4.78, 5) is 17.9. The lowest BCUT2D eigenvalue weighted by Crippen LogP contribution is -2.41. The number of aliphatic imine (C=N–C) groups is 2. The molecule has 22 heavy (non-hydrogen) atoms. The Kier molecular flexibility index (Phi) is 5.86. The first kappa shape index (κ1) is 16.4. The molecule has 0 aromatic carbocycles. The number of unbranched alkanes of at least 4 members (excludes halogenated alkanes) is 1. The van der Waals surface area contributed by atoms with Gasteiger partial charge in [0.25, 0.3) is 0 Å². The fraction of sp³-hybridized carbons (Fsp3) is 0.625. The van der Waals surface area contributed by atoms with Crippen LogP contribution in [0.15, 0.2) is 34.5 Å². The van der Waals surface area contributed by atoms with Crippen LogP contribution in [0.4, 0.5) is 0 Å². The molecule has 6 nitrogen and oxygen atoms in total. The van der Waals surface area contributed by atoms with E-state index >= 15 is 0 Å². The van der Waals surface area contributed by atoms with Crippen molar-refractivity contribution < 1.29 is 0 Å². The first-order valence-corrected chi connectivity index (χ1v) is 7.89. The molecule has 2 aliphatic heterocycles. The van der Waals surface area contributed by atoms with Gasteiger partial charge in [-0.25, -0.2) is 0 Å². The molecule has 0 aliphatic carbocycles. The summed E-state index contributed by atoms with van der Waals surface area (Å²) in [6.07, 6.45) is 10.6. The van der Waals surface area contributed by atoms with Gasteiger partial charge in [-0.05, 0) is 25.0 Å². The third kappa shape index (κ3) is 4.26. The van der Waals surface area contributed by atoms with E-state index in [1.165, 1.54) is 0 Å². The van der Waals surface area contributed by atoms with E-state index in [0.717, 1.165) is 50.9 Å². The molecule has 0 aromatic heterocycles. The van der Waals surface area contributed by atoms with Gasteiger partial charge in [-0.1, -0.05) is 0 Å². The van der Waals surface area contributed by atoms with Gasteiger partial charge in [-0.2, -0.15) is 0 Å². The first-order chi connectivity index (χ1) is 10.6. The van der Waals surface area contributed by atoms with Crippen LogP contribution < -0.4 is 0 Å². The van der Waals surface area contributed by atoms with Crippen LogP contribution in [0, 0.1) is 0 Å². The lowest BCUT2D eigenvalue weighted by atomic mass is 10.3. The van der Waals surface area contributed by atoms with Crippen molar-refractivity contribution >= 4 is 11.9 Å². The van der Waals surface area contributed by atoms with Crippen LogP contribution in [0.1, 0.15) is 12.8 Å². The summed E-state index contributed by atoms with van der Waals surface area (Å²) in [6, 6.07) is 0. The van der Waals surface area contributed by atoms with Gasteiger partial charge in [0.1, 0.15) is 0 Å². The Labute approximate surface area is 134 Å². The molecule has 2 aliphatic rings. The molecule has 0 saturated carbocycles. The molecular formula is C16H28N6. The molecular weight excluding hydrogens is 276 g/mol. The van der Waals surface area contributed by atoms with E-state index in [1.807, 2.05) is 14.1 Å². The topological polar surface area (TPSA) is 37.7 Å². The summed E-state index contributed by atoms with van der Waals surface area (Å²) in [5.74, 6) is 2.09. The van der Waals surface area contributed by atoms with E-state index in [9.17, 15) is 0 Å². The molecule has 0 atom stereocenters. The minimum Gasteiger partial charge on any atom is -0.342 e. The monoisotopic (exact) mass is 304 g/mol. The molecule has 6 heteroatoms. The zero-order valence-corrected chi connectivity index (χ0v) is 14.2. The predicted molar refractivity (Wildman–Crippen MR) is 92.9 cm³/mol. The number of hydrogen-bond acceptors (Lipinski definition) is 2. The summed E-state index contributed by atoms with van der Waals surface area (Å²) < 4.78 is 0. The maximum absolute atomic E-state index is 4.70. The second-order valence-corrected chi connectivity index (χ2v) is 5.82. The average Bonchev–Trinajstić information content (AvgIpc) is 2.47. The molecule has 0 bridgehead atoms. The van der Waals surface area contributed by atoms with Crippen molar-refractivity contribution in [1.29, 1.82) is 0 Å². The summed E-state index contributed by atoms with van der Waals surface area (Å²) in [7, 11) is 8.23. The molecule has 2 heterocycles. The third-order valence-electron chi connectivity index (χ3n) is 3.80. The van der Waals surface area contributed by atoms with Gasteiger partial charge in [0.15, 0.2) is 11.9 Å². The minimum absolute atomic E-state index is 0.855. The maximum atomic E-state index is 4.70. The maximum Gasteiger partial charge on any atom is 0.200 e. The minimum atomic E-state index is 0.855. The summed E-state index contributed by atoms with van der Waals surface area (Å²) in [6.45, 7) is 3.58. The van der Waals surface area contributed by atoms with Crippen LogP contribution in [-0.2, 0) is 0 Å². The third-order valence-corrected chi connectivity index (χ3v) is 3.80. The fourth-order valence-corrected chi connectivity index (χ4v) is 2.61. The highest BCUT2D eigenvalue weighted by molar-refractivity contribution is 5.82. The summed E-state index contributed by atoms with van der Waals surface area (Å²) in [5.41, 5.74) is 0. The molecule has 0 amide bonds. The van der Waals surface area contributed by atoms with Crippen molar-refractivity contribution in [2.24, 2.45) is 9.98 Å². The standard InChI is InChI=1S/C16H28N6/c1-19-11-7-12-20(2)15(19)17-9-5-6-10-18-16-21(3)13-8-14-22(16)4/h7-8,11,13H,5-6,9-10,12,14H2,1-4H3. The van der Waals surface area contributed by atoms with Gasteiger partial charge in [-0.15, -0.1) is 0 Å². The van der Waals surface area contributed by atoms with E-state index in [-0.39, 0.29) is 0 Å². The van der Waals surface area contributed by atoms with Gasteiger partial charge < -0.3 is 19.6 Å². The van der Waals surface area contributed by atoms with Crippen LogP contribution in [0.25, 0.3) is 0 Å². The van der Waals surface area contributed by atoms with Gasteiger partial charge in [-0.3, -0.25) is 9.98 Å². The molecule has 0 unspecified atom stereocenters.